The maximum Gasteiger partial charge on any atom is 0.250 e. The first-order chi connectivity index (χ1) is 6.75. The van der Waals surface area contributed by atoms with Crippen molar-refractivity contribution >= 4 is 0 Å². The van der Waals surface area contributed by atoms with Crippen molar-refractivity contribution in [2.75, 3.05) is 19.6 Å². The molecule has 0 spiro atoms. The lowest BCUT2D eigenvalue weighted by Gasteiger charge is -2.33. The largest absolute Gasteiger partial charge is 0.307 e. The Hall–Kier alpha value is -0.220. The lowest BCUT2D eigenvalue weighted by atomic mass is 10.1. The Morgan fingerprint density at radius 3 is 2.71 bits per heavy atom. The fraction of sp³-hybridized carbons (Fsp3) is 1.00. The normalized spacial score (nSPS) is 29.8. The minimum Gasteiger partial charge on any atom is -0.307 e. The first-order valence-electron chi connectivity index (χ1n) is 5.51. The fourth-order valence-corrected chi connectivity index (χ4v) is 2.20. The van der Waals surface area contributed by atoms with Crippen LogP contribution in [-0.4, -0.2) is 43.0 Å². The molecule has 0 aromatic rings. The second-order valence-corrected chi connectivity index (χ2v) is 4.36. The Bertz CT molecular complexity index is 183. The molecule has 2 rings (SSSR count). The Morgan fingerprint density at radius 1 is 1.29 bits per heavy atom. The zero-order chi connectivity index (χ0) is 9.97. The third-order valence-corrected chi connectivity index (χ3v) is 3.08. The van der Waals surface area contributed by atoms with Gasteiger partial charge in [0, 0.05) is 18.6 Å². The molecule has 1 unspecified atom stereocenters. The van der Waals surface area contributed by atoms with Crippen molar-refractivity contribution in [2.24, 2.45) is 0 Å². The van der Waals surface area contributed by atoms with E-state index in [1.165, 1.54) is 12.8 Å². The summed E-state index contributed by atoms with van der Waals surface area (Å²) in [6.45, 7) is 1.98. The van der Waals surface area contributed by atoms with Crippen LogP contribution in [-0.2, 0) is 0 Å². The van der Waals surface area contributed by atoms with Crippen LogP contribution >= 0.6 is 0 Å². The molecule has 1 N–H and O–H groups in total. The van der Waals surface area contributed by atoms with E-state index in [1.807, 2.05) is 0 Å². The van der Waals surface area contributed by atoms with Gasteiger partial charge in [-0.25, -0.2) is 8.78 Å². The molecule has 1 saturated carbocycles. The Kier molecular flexibility index (Phi) is 3.34. The minimum atomic E-state index is -2.22. The van der Waals surface area contributed by atoms with Crippen LogP contribution in [0.4, 0.5) is 8.78 Å². The summed E-state index contributed by atoms with van der Waals surface area (Å²) in [5.74, 6) is 0. The van der Waals surface area contributed by atoms with E-state index in [1.54, 1.807) is 0 Å². The SMILES string of the molecule is FC(F)CNC1CCCN(C2CC2)C1. The summed E-state index contributed by atoms with van der Waals surface area (Å²) < 4.78 is 24.0. The standard InChI is InChI=1S/C10H18F2N2/c11-10(12)6-13-8-2-1-5-14(7-8)9-3-4-9/h8-10,13H,1-7H2. The first kappa shape index (κ1) is 10.3. The van der Waals surface area contributed by atoms with Gasteiger partial charge in [-0.2, -0.15) is 0 Å². The molecule has 0 aromatic heterocycles. The molecule has 1 atom stereocenters. The predicted octanol–water partition coefficient (Wildman–Crippen LogP) is 1.47. The summed E-state index contributed by atoms with van der Waals surface area (Å²) in [4.78, 5) is 2.45. The molecule has 2 fully saturated rings. The zero-order valence-electron chi connectivity index (χ0n) is 8.38. The predicted molar refractivity (Wildman–Crippen MR) is 51.6 cm³/mol. The van der Waals surface area contributed by atoms with Gasteiger partial charge in [-0.05, 0) is 32.2 Å². The molecule has 0 aromatic carbocycles. The summed E-state index contributed by atoms with van der Waals surface area (Å²) >= 11 is 0. The highest BCUT2D eigenvalue weighted by molar-refractivity contribution is 4.89. The van der Waals surface area contributed by atoms with Gasteiger partial charge in [-0.3, -0.25) is 4.90 Å². The summed E-state index contributed by atoms with van der Waals surface area (Å²) in [6, 6.07) is 1.06. The summed E-state index contributed by atoms with van der Waals surface area (Å²) in [7, 11) is 0. The van der Waals surface area contributed by atoms with Gasteiger partial charge in [0.1, 0.15) is 0 Å². The molecule has 0 amide bonds. The summed E-state index contributed by atoms with van der Waals surface area (Å²) in [6.07, 6.45) is 2.60. The molecule has 0 bridgehead atoms. The molecular weight excluding hydrogens is 186 g/mol. The van der Waals surface area contributed by atoms with Gasteiger partial charge < -0.3 is 5.32 Å². The van der Waals surface area contributed by atoms with Crippen molar-refractivity contribution in [1.29, 1.82) is 0 Å². The van der Waals surface area contributed by atoms with Gasteiger partial charge in [0.2, 0.25) is 0 Å². The lowest BCUT2D eigenvalue weighted by molar-refractivity contribution is 0.124. The number of hydrogen-bond acceptors (Lipinski definition) is 2. The van der Waals surface area contributed by atoms with Crippen LogP contribution in [0.25, 0.3) is 0 Å². The second kappa shape index (κ2) is 4.53. The van der Waals surface area contributed by atoms with Crippen molar-refractivity contribution in [1.82, 2.24) is 10.2 Å². The smallest absolute Gasteiger partial charge is 0.250 e. The molecule has 2 aliphatic rings. The maximum absolute atomic E-state index is 12.0. The maximum atomic E-state index is 12.0. The van der Waals surface area contributed by atoms with Gasteiger partial charge in [-0.1, -0.05) is 0 Å². The van der Waals surface area contributed by atoms with E-state index in [0.717, 1.165) is 32.0 Å². The monoisotopic (exact) mass is 204 g/mol. The van der Waals surface area contributed by atoms with Gasteiger partial charge >= 0.3 is 0 Å². The number of halogens is 2. The Morgan fingerprint density at radius 2 is 2.07 bits per heavy atom. The second-order valence-electron chi connectivity index (χ2n) is 4.36. The first-order valence-corrected chi connectivity index (χ1v) is 5.51. The average molecular weight is 204 g/mol. The molecule has 4 heteroatoms. The van der Waals surface area contributed by atoms with Crippen molar-refractivity contribution in [2.45, 2.75) is 44.2 Å². The fourth-order valence-electron chi connectivity index (χ4n) is 2.20. The van der Waals surface area contributed by atoms with Crippen LogP contribution in [0.5, 0.6) is 0 Å². The molecule has 14 heavy (non-hydrogen) atoms. The average Bonchev–Trinajstić information content (AvgIpc) is 2.98. The van der Waals surface area contributed by atoms with E-state index < -0.39 is 6.43 Å². The van der Waals surface area contributed by atoms with Crippen LogP contribution < -0.4 is 5.32 Å². The number of nitrogens with one attached hydrogen (secondary N) is 1. The molecule has 1 aliphatic carbocycles. The number of rotatable bonds is 4. The molecule has 0 radical (unpaired) electrons. The van der Waals surface area contributed by atoms with E-state index in [-0.39, 0.29) is 6.54 Å². The van der Waals surface area contributed by atoms with E-state index in [2.05, 4.69) is 10.2 Å². The molecule has 82 valence electrons. The van der Waals surface area contributed by atoms with Gasteiger partial charge in [0.05, 0.1) is 6.54 Å². The number of alkyl halides is 2. The zero-order valence-corrected chi connectivity index (χ0v) is 8.38. The summed E-state index contributed by atoms with van der Waals surface area (Å²) in [5.41, 5.74) is 0. The van der Waals surface area contributed by atoms with Crippen molar-refractivity contribution < 1.29 is 8.78 Å². The van der Waals surface area contributed by atoms with Crippen LogP contribution in [0.2, 0.25) is 0 Å². The molecule has 1 heterocycles. The number of nitrogens with zero attached hydrogens (tertiary/aromatic N) is 1. The van der Waals surface area contributed by atoms with Gasteiger partial charge in [0.25, 0.3) is 6.43 Å². The van der Waals surface area contributed by atoms with Gasteiger partial charge in [-0.15, -0.1) is 0 Å². The summed E-state index contributed by atoms with van der Waals surface area (Å²) in [5, 5.41) is 2.94. The van der Waals surface area contributed by atoms with Crippen LogP contribution in [0.15, 0.2) is 0 Å². The number of piperidine rings is 1. The van der Waals surface area contributed by atoms with Crippen molar-refractivity contribution in [3.8, 4) is 0 Å². The Balaban J connectivity index is 1.70. The van der Waals surface area contributed by atoms with Crippen LogP contribution in [0, 0.1) is 0 Å². The third kappa shape index (κ3) is 2.89. The van der Waals surface area contributed by atoms with Gasteiger partial charge in [0.15, 0.2) is 0 Å². The number of hydrogen-bond donors (Lipinski definition) is 1. The molecule has 1 saturated heterocycles. The third-order valence-electron chi connectivity index (χ3n) is 3.08. The highest BCUT2D eigenvalue weighted by Gasteiger charge is 2.32. The van der Waals surface area contributed by atoms with Crippen molar-refractivity contribution in [3.05, 3.63) is 0 Å². The number of likely N-dealkylation sites (tertiary alicyclic amines) is 1. The van der Waals surface area contributed by atoms with E-state index >= 15 is 0 Å². The molecule has 1 aliphatic heterocycles. The topological polar surface area (TPSA) is 15.3 Å². The van der Waals surface area contributed by atoms with E-state index in [9.17, 15) is 8.78 Å². The van der Waals surface area contributed by atoms with E-state index in [0.29, 0.717) is 6.04 Å². The Labute approximate surface area is 83.7 Å². The minimum absolute atomic E-state index is 0.150. The molecular formula is C10H18F2N2. The van der Waals surface area contributed by atoms with Crippen LogP contribution in [0.3, 0.4) is 0 Å². The highest BCUT2D eigenvalue weighted by atomic mass is 19.3. The lowest BCUT2D eigenvalue weighted by Crippen LogP contribution is -2.47. The highest BCUT2D eigenvalue weighted by Crippen LogP contribution is 2.29. The van der Waals surface area contributed by atoms with Crippen LogP contribution in [0.1, 0.15) is 25.7 Å². The van der Waals surface area contributed by atoms with Crippen molar-refractivity contribution in [3.63, 3.8) is 0 Å². The molecule has 2 nitrogen and oxygen atoms in total. The van der Waals surface area contributed by atoms with E-state index in [4.69, 9.17) is 0 Å². The quantitative estimate of drug-likeness (QED) is 0.746.